The van der Waals surface area contributed by atoms with Crippen LogP contribution >= 0.6 is 0 Å². The molecule has 25 heavy (non-hydrogen) atoms. The zero-order valence-electron chi connectivity index (χ0n) is 14.4. The minimum Gasteiger partial charge on any atom is -0.358 e. The molecule has 1 unspecified atom stereocenters. The Labute approximate surface area is 146 Å². The summed E-state index contributed by atoms with van der Waals surface area (Å²) in [5, 5.41) is 16.1. The zero-order valence-corrected chi connectivity index (χ0v) is 14.4. The molecule has 1 aliphatic rings. The molecule has 0 saturated carbocycles. The lowest BCUT2D eigenvalue weighted by atomic mass is 9.99. The fourth-order valence-corrected chi connectivity index (χ4v) is 3.24. The fraction of sp³-hybridized carbons (Fsp3) is 0.368. The molecule has 0 spiro atoms. The molecule has 1 aromatic carbocycles. The van der Waals surface area contributed by atoms with Gasteiger partial charge in [-0.25, -0.2) is 4.68 Å². The van der Waals surface area contributed by atoms with Crippen LogP contribution in [0.2, 0.25) is 0 Å². The summed E-state index contributed by atoms with van der Waals surface area (Å²) in [5.41, 5.74) is 4.24. The Balaban J connectivity index is 2.04. The van der Waals surface area contributed by atoms with E-state index < -0.39 is 17.6 Å². The predicted molar refractivity (Wildman–Crippen MR) is 92.5 cm³/mol. The molecule has 0 aliphatic heterocycles. The third-order valence-corrected chi connectivity index (χ3v) is 4.65. The Morgan fingerprint density at radius 1 is 1.32 bits per heavy atom. The summed E-state index contributed by atoms with van der Waals surface area (Å²) < 4.78 is 1.79. The standard InChI is InChI=1S/C19H20N4O2/c1-3-12-7-9-13(10-8-12)23-16-6-4-5-14(16)17(22-23)18(24)15(11-20)19(25)21-2/h7-10,15H,3-6H2,1-2H3,(H,21,25). The largest absolute Gasteiger partial charge is 0.358 e. The van der Waals surface area contributed by atoms with Gasteiger partial charge in [0.25, 0.3) is 0 Å². The van der Waals surface area contributed by atoms with Crippen molar-refractivity contribution in [2.75, 3.05) is 7.05 Å². The van der Waals surface area contributed by atoms with Gasteiger partial charge in [-0.3, -0.25) is 9.59 Å². The van der Waals surface area contributed by atoms with Gasteiger partial charge in [-0.2, -0.15) is 10.4 Å². The van der Waals surface area contributed by atoms with E-state index in [1.165, 1.54) is 12.6 Å². The Kier molecular flexibility index (Phi) is 4.66. The average Bonchev–Trinajstić information content (AvgIpc) is 3.24. The summed E-state index contributed by atoms with van der Waals surface area (Å²) in [6.07, 6.45) is 3.48. The van der Waals surface area contributed by atoms with E-state index in [2.05, 4.69) is 17.3 Å². The number of carbonyl (C=O) groups is 2. The van der Waals surface area contributed by atoms with E-state index in [1.807, 2.05) is 24.3 Å². The van der Waals surface area contributed by atoms with E-state index in [0.717, 1.165) is 42.6 Å². The van der Waals surface area contributed by atoms with Crippen LogP contribution in [0.1, 0.15) is 40.7 Å². The van der Waals surface area contributed by atoms with Gasteiger partial charge in [-0.1, -0.05) is 19.1 Å². The summed E-state index contributed by atoms with van der Waals surface area (Å²) in [6, 6.07) is 9.85. The van der Waals surface area contributed by atoms with E-state index in [0.29, 0.717) is 0 Å². The highest BCUT2D eigenvalue weighted by molar-refractivity contribution is 6.12. The van der Waals surface area contributed by atoms with Crippen LogP contribution in [-0.2, 0) is 24.1 Å². The molecular formula is C19H20N4O2. The summed E-state index contributed by atoms with van der Waals surface area (Å²) in [5.74, 6) is -2.48. The third kappa shape index (κ3) is 2.93. The van der Waals surface area contributed by atoms with Crippen molar-refractivity contribution >= 4 is 11.7 Å². The van der Waals surface area contributed by atoms with Gasteiger partial charge < -0.3 is 5.32 Å². The monoisotopic (exact) mass is 336 g/mol. The van der Waals surface area contributed by atoms with E-state index >= 15 is 0 Å². The van der Waals surface area contributed by atoms with Gasteiger partial charge in [0.1, 0.15) is 5.69 Å². The number of aromatic nitrogens is 2. The summed E-state index contributed by atoms with van der Waals surface area (Å²) in [6.45, 7) is 2.10. The van der Waals surface area contributed by atoms with Crippen molar-refractivity contribution < 1.29 is 9.59 Å². The van der Waals surface area contributed by atoms with Crippen molar-refractivity contribution in [2.24, 2.45) is 5.92 Å². The number of hydrogen-bond donors (Lipinski definition) is 1. The molecule has 0 radical (unpaired) electrons. The first-order valence-electron chi connectivity index (χ1n) is 8.46. The number of fused-ring (bicyclic) bond motifs is 1. The van der Waals surface area contributed by atoms with Crippen molar-refractivity contribution in [3.63, 3.8) is 0 Å². The quantitative estimate of drug-likeness (QED) is 0.668. The van der Waals surface area contributed by atoms with Gasteiger partial charge in [-0.15, -0.1) is 0 Å². The van der Waals surface area contributed by atoms with Crippen LogP contribution in [-0.4, -0.2) is 28.5 Å². The topological polar surface area (TPSA) is 87.8 Å². The van der Waals surface area contributed by atoms with Crippen LogP contribution in [0.5, 0.6) is 0 Å². The Morgan fingerprint density at radius 2 is 2.04 bits per heavy atom. The number of rotatable bonds is 5. The van der Waals surface area contributed by atoms with Gasteiger partial charge in [0.15, 0.2) is 5.92 Å². The Hall–Kier alpha value is -2.94. The lowest BCUT2D eigenvalue weighted by Crippen LogP contribution is -2.32. The maximum Gasteiger partial charge on any atom is 0.245 e. The van der Waals surface area contributed by atoms with E-state index in [4.69, 9.17) is 0 Å². The van der Waals surface area contributed by atoms with Crippen LogP contribution < -0.4 is 5.32 Å². The van der Waals surface area contributed by atoms with Crippen LogP contribution in [0.25, 0.3) is 5.69 Å². The van der Waals surface area contributed by atoms with E-state index in [9.17, 15) is 14.9 Å². The highest BCUT2D eigenvalue weighted by Crippen LogP contribution is 2.29. The van der Waals surface area contributed by atoms with Gasteiger partial charge >= 0.3 is 0 Å². The number of nitrogens with zero attached hydrogens (tertiary/aromatic N) is 3. The molecule has 1 N–H and O–H groups in total. The number of benzene rings is 1. The molecule has 6 nitrogen and oxygen atoms in total. The number of nitriles is 1. The number of carbonyl (C=O) groups excluding carboxylic acids is 2. The molecule has 1 amide bonds. The second kappa shape index (κ2) is 6.89. The van der Waals surface area contributed by atoms with Crippen molar-refractivity contribution in [1.82, 2.24) is 15.1 Å². The van der Waals surface area contributed by atoms with Gasteiger partial charge in [-0.05, 0) is 43.4 Å². The van der Waals surface area contributed by atoms with Crippen LogP contribution in [0.4, 0.5) is 0 Å². The molecule has 1 atom stereocenters. The first-order valence-corrected chi connectivity index (χ1v) is 8.46. The molecule has 6 heteroatoms. The second-order valence-electron chi connectivity index (χ2n) is 6.10. The van der Waals surface area contributed by atoms with Gasteiger partial charge in [0.05, 0.1) is 11.8 Å². The average molecular weight is 336 g/mol. The van der Waals surface area contributed by atoms with Crippen LogP contribution in [0.15, 0.2) is 24.3 Å². The molecule has 2 aromatic rings. The molecular weight excluding hydrogens is 316 g/mol. The number of amides is 1. The normalized spacial score (nSPS) is 13.8. The number of ketones is 1. The smallest absolute Gasteiger partial charge is 0.245 e. The number of nitrogens with one attached hydrogen (secondary N) is 1. The summed E-state index contributed by atoms with van der Waals surface area (Å²) in [7, 11) is 1.41. The van der Waals surface area contributed by atoms with E-state index in [-0.39, 0.29) is 5.69 Å². The molecule has 0 fully saturated rings. The minimum absolute atomic E-state index is 0.252. The van der Waals surface area contributed by atoms with E-state index in [1.54, 1.807) is 10.8 Å². The lowest BCUT2D eigenvalue weighted by Gasteiger charge is -2.07. The molecule has 3 rings (SSSR count). The number of hydrogen-bond acceptors (Lipinski definition) is 4. The molecule has 1 aromatic heterocycles. The first-order chi connectivity index (χ1) is 12.1. The second-order valence-corrected chi connectivity index (χ2v) is 6.10. The highest BCUT2D eigenvalue weighted by atomic mass is 16.2. The maximum atomic E-state index is 12.7. The maximum absolute atomic E-state index is 12.7. The van der Waals surface area contributed by atoms with Crippen LogP contribution in [0, 0.1) is 17.2 Å². The molecule has 1 aliphatic carbocycles. The summed E-state index contributed by atoms with van der Waals surface area (Å²) in [4.78, 5) is 24.5. The molecule has 128 valence electrons. The van der Waals surface area contributed by atoms with Gasteiger partial charge in [0, 0.05) is 18.3 Å². The van der Waals surface area contributed by atoms with Gasteiger partial charge in [0.2, 0.25) is 11.7 Å². The van der Waals surface area contributed by atoms with Crippen molar-refractivity contribution in [2.45, 2.75) is 32.6 Å². The Bertz CT molecular complexity index is 859. The summed E-state index contributed by atoms with van der Waals surface area (Å²) >= 11 is 0. The molecule has 0 bridgehead atoms. The number of aryl methyl sites for hydroxylation is 1. The first kappa shape index (κ1) is 16.9. The van der Waals surface area contributed by atoms with Crippen molar-refractivity contribution in [1.29, 1.82) is 5.26 Å². The zero-order chi connectivity index (χ0) is 18.0. The Morgan fingerprint density at radius 3 is 2.64 bits per heavy atom. The lowest BCUT2D eigenvalue weighted by molar-refractivity contribution is -0.121. The SMILES string of the molecule is CCc1ccc(-n2nc(C(=O)C(C#N)C(=O)NC)c3c2CCC3)cc1. The third-order valence-electron chi connectivity index (χ3n) is 4.65. The fourth-order valence-electron chi connectivity index (χ4n) is 3.24. The van der Waals surface area contributed by atoms with Crippen molar-refractivity contribution in [3.8, 4) is 11.8 Å². The molecule has 0 saturated heterocycles. The minimum atomic E-state index is -1.36. The van der Waals surface area contributed by atoms with Crippen LogP contribution in [0.3, 0.4) is 0 Å². The highest BCUT2D eigenvalue weighted by Gasteiger charge is 2.34. The van der Waals surface area contributed by atoms with Crippen molar-refractivity contribution in [3.05, 3.63) is 46.8 Å². The molecule has 1 heterocycles. The predicted octanol–water partition coefficient (Wildman–Crippen LogP) is 1.99. The number of Topliss-reactive ketones (excluding diaryl/α,β-unsaturated/α-hetero) is 1.